The fourth-order valence-corrected chi connectivity index (χ4v) is 4.82. The number of hydrogen-bond acceptors (Lipinski definition) is 9. The third-order valence-electron chi connectivity index (χ3n) is 6.78. The van der Waals surface area contributed by atoms with Gasteiger partial charge in [-0.15, -0.1) is 0 Å². The molecular weight excluding hydrogens is 505 g/mol. The Morgan fingerprint density at radius 2 is 2.03 bits per heavy atom. The van der Waals surface area contributed by atoms with Crippen molar-refractivity contribution >= 4 is 33.9 Å². The Morgan fingerprint density at radius 3 is 2.77 bits per heavy atom. The van der Waals surface area contributed by atoms with E-state index in [1.165, 1.54) is 25.3 Å². The van der Waals surface area contributed by atoms with Crippen molar-refractivity contribution in [3.63, 3.8) is 0 Å². The van der Waals surface area contributed by atoms with E-state index in [-0.39, 0.29) is 17.5 Å². The molecule has 204 valence electrons. The van der Waals surface area contributed by atoms with Gasteiger partial charge >= 0.3 is 0 Å². The Morgan fingerprint density at radius 1 is 1.21 bits per heavy atom. The minimum absolute atomic E-state index is 0.0672. The predicted octanol–water partition coefficient (Wildman–Crippen LogP) is 4.43. The number of methoxy groups -OCH3 is 1. The lowest BCUT2D eigenvalue weighted by Crippen LogP contribution is -2.28. The van der Waals surface area contributed by atoms with Gasteiger partial charge in [-0.25, -0.2) is 14.4 Å². The second kappa shape index (κ2) is 10.8. The van der Waals surface area contributed by atoms with E-state index in [9.17, 15) is 14.5 Å². The molecule has 0 amide bonds. The number of halogens is 1. The molecule has 0 radical (unpaired) electrons. The van der Waals surface area contributed by atoms with Crippen LogP contribution in [0.15, 0.2) is 42.6 Å². The molecule has 0 saturated heterocycles. The number of fused-ring (bicyclic) bond motifs is 3. The second-order valence-electron chi connectivity index (χ2n) is 9.60. The molecular formula is C27H30FN7O4. The molecule has 39 heavy (non-hydrogen) atoms. The van der Waals surface area contributed by atoms with Crippen molar-refractivity contribution in [1.82, 2.24) is 19.4 Å². The summed E-state index contributed by atoms with van der Waals surface area (Å²) < 4.78 is 27.4. The number of nitro benzene ring substituents is 1. The molecule has 1 aliphatic heterocycles. The molecule has 0 aliphatic carbocycles. The van der Waals surface area contributed by atoms with Gasteiger partial charge in [-0.2, -0.15) is 0 Å². The van der Waals surface area contributed by atoms with Gasteiger partial charge in [0, 0.05) is 56.0 Å². The van der Waals surface area contributed by atoms with E-state index in [1.54, 1.807) is 24.4 Å². The first-order chi connectivity index (χ1) is 18.8. The zero-order chi connectivity index (χ0) is 27.7. The van der Waals surface area contributed by atoms with Crippen LogP contribution < -0.4 is 15.0 Å². The summed E-state index contributed by atoms with van der Waals surface area (Å²) in [7, 11) is 7.21. The summed E-state index contributed by atoms with van der Waals surface area (Å²) in [6.45, 7) is 2.86. The monoisotopic (exact) mass is 535 g/mol. The van der Waals surface area contributed by atoms with Crippen molar-refractivity contribution in [1.29, 1.82) is 0 Å². The standard InChI is InChI=1S/C27H30FN7O4/c1-32(2)9-10-33(3)22-15-25(38-4)20(14-23(22)35(36)37)31-27-29-8-7-19(30-27)26-18-6-5-17(28)13-21(18)34-11-12-39-16-24(26)34/h5-8,13-15H,9-12,16H2,1-4H3,(H,29,30,31). The van der Waals surface area contributed by atoms with Gasteiger partial charge < -0.3 is 29.2 Å². The molecule has 2 aromatic carbocycles. The Hall–Kier alpha value is -4.29. The molecule has 1 N–H and O–H groups in total. The highest BCUT2D eigenvalue weighted by Crippen LogP contribution is 2.40. The third-order valence-corrected chi connectivity index (χ3v) is 6.78. The molecule has 0 bridgehead atoms. The SMILES string of the molecule is COc1cc(N(C)CCN(C)C)c([N+](=O)[O-])cc1Nc1nccc(-c2c3n(c4cc(F)ccc24)CCOC3)n1. The molecule has 4 aromatic rings. The summed E-state index contributed by atoms with van der Waals surface area (Å²) >= 11 is 0. The number of likely N-dealkylation sites (N-methyl/N-ethyl adjacent to an activating group) is 2. The summed E-state index contributed by atoms with van der Waals surface area (Å²) in [6.07, 6.45) is 1.61. The minimum Gasteiger partial charge on any atom is -0.494 e. The summed E-state index contributed by atoms with van der Waals surface area (Å²) in [5.74, 6) is 0.341. The topological polar surface area (TPSA) is 111 Å². The molecule has 5 rings (SSSR count). The van der Waals surface area contributed by atoms with Gasteiger partial charge in [0.05, 0.1) is 47.8 Å². The molecule has 2 aromatic heterocycles. The summed E-state index contributed by atoms with van der Waals surface area (Å²) in [5.41, 5.74) is 3.89. The molecule has 0 spiro atoms. The van der Waals surface area contributed by atoms with Crippen LogP contribution in [0.25, 0.3) is 22.2 Å². The van der Waals surface area contributed by atoms with E-state index in [0.717, 1.165) is 28.7 Å². The van der Waals surface area contributed by atoms with Crippen molar-refractivity contribution in [2.75, 3.05) is 58.2 Å². The number of aromatic nitrogens is 3. The largest absolute Gasteiger partial charge is 0.494 e. The smallest absolute Gasteiger partial charge is 0.294 e. The molecule has 0 fully saturated rings. The number of ether oxygens (including phenoxy) is 2. The predicted molar refractivity (Wildman–Crippen MR) is 147 cm³/mol. The van der Waals surface area contributed by atoms with Crippen molar-refractivity contribution in [2.24, 2.45) is 0 Å². The highest BCUT2D eigenvalue weighted by Gasteiger charge is 2.25. The molecule has 1 aliphatic rings. The highest BCUT2D eigenvalue weighted by atomic mass is 19.1. The number of anilines is 3. The fourth-order valence-electron chi connectivity index (χ4n) is 4.82. The van der Waals surface area contributed by atoms with Crippen LogP contribution in [0.1, 0.15) is 5.69 Å². The number of nitrogens with one attached hydrogen (secondary N) is 1. The molecule has 0 atom stereocenters. The van der Waals surface area contributed by atoms with Crippen molar-refractivity contribution in [2.45, 2.75) is 13.2 Å². The van der Waals surface area contributed by atoms with E-state index in [2.05, 4.69) is 14.9 Å². The number of hydrogen-bond donors (Lipinski definition) is 1. The van der Waals surface area contributed by atoms with Crippen LogP contribution in [0.3, 0.4) is 0 Å². The first-order valence-electron chi connectivity index (χ1n) is 12.5. The molecule has 0 saturated carbocycles. The third kappa shape index (κ3) is 5.20. The van der Waals surface area contributed by atoms with Crippen LogP contribution in [0, 0.1) is 15.9 Å². The van der Waals surface area contributed by atoms with Crippen molar-refractivity contribution in [3.8, 4) is 17.0 Å². The zero-order valence-electron chi connectivity index (χ0n) is 22.3. The van der Waals surface area contributed by atoms with Crippen molar-refractivity contribution < 1.29 is 18.8 Å². The van der Waals surface area contributed by atoms with Gasteiger partial charge in [-0.05, 0) is 38.4 Å². The molecule has 0 unspecified atom stereocenters. The van der Waals surface area contributed by atoms with Crippen LogP contribution in [-0.2, 0) is 17.9 Å². The number of nitrogens with zero attached hydrogens (tertiary/aromatic N) is 6. The lowest BCUT2D eigenvalue weighted by molar-refractivity contribution is -0.384. The van der Waals surface area contributed by atoms with Gasteiger partial charge in [0.1, 0.15) is 17.3 Å². The fraction of sp³-hybridized carbons (Fsp3) is 0.333. The van der Waals surface area contributed by atoms with E-state index in [4.69, 9.17) is 14.5 Å². The van der Waals surface area contributed by atoms with E-state index in [1.807, 2.05) is 30.9 Å². The Labute approximate surface area is 224 Å². The average molecular weight is 536 g/mol. The van der Waals surface area contributed by atoms with Crippen LogP contribution in [0.5, 0.6) is 5.75 Å². The Bertz CT molecular complexity index is 1540. The van der Waals surface area contributed by atoms with Crippen LogP contribution in [0.2, 0.25) is 0 Å². The van der Waals surface area contributed by atoms with Gasteiger partial charge in [0.2, 0.25) is 5.95 Å². The summed E-state index contributed by atoms with van der Waals surface area (Å²) in [5, 5.41) is 16.0. The number of nitro groups is 1. The normalized spacial score (nSPS) is 13.0. The first kappa shape index (κ1) is 26.3. The second-order valence-corrected chi connectivity index (χ2v) is 9.60. The average Bonchev–Trinajstić information content (AvgIpc) is 3.25. The van der Waals surface area contributed by atoms with E-state index >= 15 is 0 Å². The van der Waals surface area contributed by atoms with Crippen LogP contribution in [0.4, 0.5) is 27.4 Å². The van der Waals surface area contributed by atoms with Crippen molar-refractivity contribution in [3.05, 3.63) is 64.2 Å². The van der Waals surface area contributed by atoms with Gasteiger partial charge in [0.25, 0.3) is 5.69 Å². The Balaban J connectivity index is 1.53. The first-order valence-corrected chi connectivity index (χ1v) is 12.5. The summed E-state index contributed by atoms with van der Waals surface area (Å²) in [6, 6.07) is 9.56. The number of rotatable bonds is 9. The minimum atomic E-state index is -0.415. The van der Waals surface area contributed by atoms with Gasteiger partial charge in [0.15, 0.2) is 0 Å². The maximum atomic E-state index is 14.1. The van der Waals surface area contributed by atoms with E-state index in [0.29, 0.717) is 49.1 Å². The van der Waals surface area contributed by atoms with Crippen LogP contribution in [-0.4, -0.2) is 72.3 Å². The Kier molecular flexibility index (Phi) is 7.31. The molecule has 11 nitrogen and oxygen atoms in total. The van der Waals surface area contributed by atoms with Gasteiger partial charge in [-0.3, -0.25) is 10.1 Å². The number of benzene rings is 2. The highest BCUT2D eigenvalue weighted by molar-refractivity contribution is 5.97. The molecule has 3 heterocycles. The maximum absolute atomic E-state index is 14.1. The summed E-state index contributed by atoms with van der Waals surface area (Å²) in [4.78, 5) is 24.5. The lowest BCUT2D eigenvalue weighted by Gasteiger charge is -2.22. The zero-order valence-corrected chi connectivity index (χ0v) is 22.3. The van der Waals surface area contributed by atoms with E-state index < -0.39 is 4.92 Å². The quantitative estimate of drug-likeness (QED) is 0.246. The molecule has 12 heteroatoms. The van der Waals surface area contributed by atoms with Crippen LogP contribution >= 0.6 is 0 Å². The lowest BCUT2D eigenvalue weighted by atomic mass is 10.1. The van der Waals surface area contributed by atoms with Gasteiger partial charge in [-0.1, -0.05) is 0 Å². The maximum Gasteiger partial charge on any atom is 0.294 e.